The Hall–Kier alpha value is -1.61. The first-order valence-corrected chi connectivity index (χ1v) is 5.47. The first-order chi connectivity index (χ1) is 8.15. The SMILES string of the molecule is C=CCN(C)CC=C.C=CCN(C=O)CC=C. The molecule has 0 aromatic rings. The highest BCUT2D eigenvalue weighted by Crippen LogP contribution is 1.81. The van der Waals surface area contributed by atoms with Crippen LogP contribution < -0.4 is 0 Å². The van der Waals surface area contributed by atoms with Crippen LogP contribution >= 0.6 is 0 Å². The van der Waals surface area contributed by atoms with Gasteiger partial charge in [-0.15, -0.1) is 26.3 Å². The summed E-state index contributed by atoms with van der Waals surface area (Å²) in [4.78, 5) is 13.8. The minimum absolute atomic E-state index is 0.593. The van der Waals surface area contributed by atoms with Gasteiger partial charge in [0, 0.05) is 26.2 Å². The number of amides is 1. The van der Waals surface area contributed by atoms with Crippen LogP contribution in [0.2, 0.25) is 0 Å². The normalized spacial score (nSPS) is 8.59. The maximum absolute atomic E-state index is 10.1. The fraction of sp³-hybridized carbons (Fsp3) is 0.357. The number of hydrogen-bond acceptors (Lipinski definition) is 2. The maximum Gasteiger partial charge on any atom is 0.210 e. The molecule has 0 aromatic heterocycles. The average Bonchev–Trinajstić information content (AvgIpc) is 2.30. The Morgan fingerprint density at radius 3 is 1.41 bits per heavy atom. The van der Waals surface area contributed by atoms with Crippen LogP contribution in [-0.4, -0.2) is 49.4 Å². The molecule has 0 heterocycles. The van der Waals surface area contributed by atoms with E-state index in [2.05, 4.69) is 31.2 Å². The fourth-order valence-electron chi connectivity index (χ4n) is 1.01. The molecule has 0 rings (SSSR count). The summed E-state index contributed by atoms with van der Waals surface area (Å²) in [6.07, 6.45) is 7.90. The Balaban J connectivity index is 0. The van der Waals surface area contributed by atoms with Gasteiger partial charge in [-0.1, -0.05) is 24.3 Å². The number of rotatable bonds is 9. The molecule has 1 amide bonds. The van der Waals surface area contributed by atoms with Crippen molar-refractivity contribution in [3.63, 3.8) is 0 Å². The zero-order chi connectivity index (χ0) is 13.5. The van der Waals surface area contributed by atoms with Crippen LogP contribution in [0, 0.1) is 0 Å². The van der Waals surface area contributed by atoms with Crippen molar-refractivity contribution >= 4 is 6.41 Å². The molecule has 96 valence electrons. The van der Waals surface area contributed by atoms with Crippen LogP contribution in [0.3, 0.4) is 0 Å². The largest absolute Gasteiger partial charge is 0.338 e. The van der Waals surface area contributed by atoms with Crippen LogP contribution in [0.15, 0.2) is 50.6 Å². The second-order valence-electron chi connectivity index (χ2n) is 3.44. The van der Waals surface area contributed by atoms with Gasteiger partial charge in [0.05, 0.1) is 0 Å². The first-order valence-electron chi connectivity index (χ1n) is 5.47. The van der Waals surface area contributed by atoms with Crippen LogP contribution in [0.5, 0.6) is 0 Å². The molecule has 0 aliphatic carbocycles. The van der Waals surface area contributed by atoms with Crippen molar-refractivity contribution in [3.8, 4) is 0 Å². The predicted octanol–water partition coefficient (Wildman–Crippen LogP) is 2.11. The van der Waals surface area contributed by atoms with E-state index >= 15 is 0 Å². The molecule has 3 heteroatoms. The molecule has 17 heavy (non-hydrogen) atoms. The summed E-state index contributed by atoms with van der Waals surface area (Å²) in [7, 11) is 2.03. The average molecular weight is 236 g/mol. The van der Waals surface area contributed by atoms with Crippen LogP contribution in [0.25, 0.3) is 0 Å². The first kappa shape index (κ1) is 17.8. The standard InChI is InChI=1S/C7H11NO.C7H13N/c1-3-5-8(7-9)6-4-2;1-4-6-8(3)7-5-2/h3-4,7H,1-2,5-6H2;4-5H,1-2,6-7H2,3H3. The summed E-state index contributed by atoms with van der Waals surface area (Å²) in [5, 5.41) is 0. The van der Waals surface area contributed by atoms with Crippen molar-refractivity contribution in [3.05, 3.63) is 50.6 Å². The van der Waals surface area contributed by atoms with E-state index in [0.717, 1.165) is 19.5 Å². The highest BCUT2D eigenvalue weighted by molar-refractivity contribution is 5.47. The monoisotopic (exact) mass is 236 g/mol. The molecule has 0 fully saturated rings. The van der Waals surface area contributed by atoms with Gasteiger partial charge in [0.15, 0.2) is 0 Å². The zero-order valence-electron chi connectivity index (χ0n) is 10.8. The molecule has 0 aliphatic rings. The van der Waals surface area contributed by atoms with Crippen molar-refractivity contribution in [2.75, 3.05) is 33.2 Å². The third-order valence-electron chi connectivity index (χ3n) is 1.76. The van der Waals surface area contributed by atoms with E-state index in [1.165, 1.54) is 0 Å². The lowest BCUT2D eigenvalue weighted by Crippen LogP contribution is -2.21. The number of nitrogens with zero attached hydrogens (tertiary/aromatic N) is 2. The minimum Gasteiger partial charge on any atom is -0.338 e. The van der Waals surface area contributed by atoms with E-state index in [1.54, 1.807) is 17.1 Å². The van der Waals surface area contributed by atoms with Crippen LogP contribution in [0.4, 0.5) is 0 Å². The van der Waals surface area contributed by atoms with Gasteiger partial charge in [-0.2, -0.15) is 0 Å². The van der Waals surface area contributed by atoms with Gasteiger partial charge in [-0.3, -0.25) is 9.69 Å². The molecular formula is C14H24N2O. The van der Waals surface area contributed by atoms with E-state index < -0.39 is 0 Å². The van der Waals surface area contributed by atoms with Gasteiger partial charge in [0.25, 0.3) is 0 Å². The Bertz CT molecular complexity index is 216. The molecule has 0 aromatic carbocycles. The lowest BCUT2D eigenvalue weighted by molar-refractivity contribution is -0.117. The summed E-state index contributed by atoms with van der Waals surface area (Å²) >= 11 is 0. The van der Waals surface area contributed by atoms with Gasteiger partial charge in [0.2, 0.25) is 6.41 Å². The van der Waals surface area contributed by atoms with Crippen molar-refractivity contribution in [2.24, 2.45) is 0 Å². The molecule has 0 spiro atoms. The third-order valence-corrected chi connectivity index (χ3v) is 1.76. The minimum atomic E-state index is 0.593. The van der Waals surface area contributed by atoms with Crippen molar-refractivity contribution < 1.29 is 4.79 Å². The highest BCUT2D eigenvalue weighted by Gasteiger charge is 1.91. The number of likely N-dealkylation sites (N-methyl/N-ethyl adjacent to an activating group) is 1. The molecule has 3 nitrogen and oxygen atoms in total. The Labute approximate surface area is 105 Å². The molecule has 0 atom stereocenters. The van der Waals surface area contributed by atoms with E-state index in [-0.39, 0.29) is 0 Å². The third kappa shape index (κ3) is 14.4. The number of carbonyl (C=O) groups is 1. The van der Waals surface area contributed by atoms with E-state index in [1.807, 2.05) is 19.2 Å². The summed E-state index contributed by atoms with van der Waals surface area (Å²) in [6, 6.07) is 0. The molecule has 0 unspecified atom stereocenters. The molecule has 0 saturated heterocycles. The molecule has 0 saturated carbocycles. The summed E-state index contributed by atoms with van der Waals surface area (Å²) in [6.45, 7) is 17.3. The molecule has 0 N–H and O–H groups in total. The quantitative estimate of drug-likeness (QED) is 0.452. The Morgan fingerprint density at radius 1 is 0.824 bits per heavy atom. The van der Waals surface area contributed by atoms with E-state index in [4.69, 9.17) is 0 Å². The second kappa shape index (κ2) is 14.4. The smallest absolute Gasteiger partial charge is 0.210 e. The van der Waals surface area contributed by atoms with Gasteiger partial charge in [-0.25, -0.2) is 0 Å². The molecule has 0 radical (unpaired) electrons. The summed E-state index contributed by atoms with van der Waals surface area (Å²) in [5.74, 6) is 0. The predicted molar refractivity (Wildman–Crippen MR) is 75.9 cm³/mol. The molecule has 0 aliphatic heterocycles. The van der Waals surface area contributed by atoms with Gasteiger partial charge in [-0.05, 0) is 7.05 Å². The Morgan fingerprint density at radius 2 is 1.18 bits per heavy atom. The van der Waals surface area contributed by atoms with Crippen LogP contribution in [-0.2, 0) is 4.79 Å². The second-order valence-corrected chi connectivity index (χ2v) is 3.44. The maximum atomic E-state index is 10.1. The molecule has 0 bridgehead atoms. The lowest BCUT2D eigenvalue weighted by Gasteiger charge is -2.10. The lowest BCUT2D eigenvalue weighted by atomic mass is 10.5. The summed E-state index contributed by atoms with van der Waals surface area (Å²) in [5.41, 5.74) is 0. The Kier molecular flexibility index (Phi) is 15.0. The number of hydrogen-bond donors (Lipinski definition) is 0. The topological polar surface area (TPSA) is 23.6 Å². The van der Waals surface area contributed by atoms with Gasteiger partial charge < -0.3 is 4.90 Å². The van der Waals surface area contributed by atoms with Gasteiger partial charge in [0.1, 0.15) is 0 Å². The van der Waals surface area contributed by atoms with Crippen molar-refractivity contribution in [2.45, 2.75) is 0 Å². The highest BCUT2D eigenvalue weighted by atomic mass is 16.1. The van der Waals surface area contributed by atoms with Crippen molar-refractivity contribution in [1.82, 2.24) is 9.80 Å². The van der Waals surface area contributed by atoms with E-state index in [0.29, 0.717) is 13.1 Å². The molecular weight excluding hydrogens is 212 g/mol. The zero-order valence-corrected chi connectivity index (χ0v) is 10.8. The summed E-state index contributed by atoms with van der Waals surface area (Å²) < 4.78 is 0. The van der Waals surface area contributed by atoms with E-state index in [9.17, 15) is 4.79 Å². The fourth-order valence-corrected chi connectivity index (χ4v) is 1.01. The van der Waals surface area contributed by atoms with Gasteiger partial charge >= 0.3 is 0 Å². The number of carbonyl (C=O) groups excluding carboxylic acids is 1. The van der Waals surface area contributed by atoms with Crippen LogP contribution in [0.1, 0.15) is 0 Å². The van der Waals surface area contributed by atoms with Crippen molar-refractivity contribution in [1.29, 1.82) is 0 Å².